The molecule has 0 saturated carbocycles. The van der Waals surface area contributed by atoms with E-state index < -0.39 is 17.6 Å². The number of alkyl halides is 3. The van der Waals surface area contributed by atoms with Crippen molar-refractivity contribution >= 4 is 28.1 Å². The molecule has 21 heavy (non-hydrogen) atoms. The molecule has 1 heterocycles. The number of amides is 1. The number of hydrogen-bond acceptors (Lipinski definition) is 4. The Morgan fingerprint density at radius 3 is 2.71 bits per heavy atom. The number of aryl methyl sites for hydroxylation is 1. The van der Waals surface area contributed by atoms with Crippen molar-refractivity contribution in [2.45, 2.75) is 19.5 Å². The summed E-state index contributed by atoms with van der Waals surface area (Å²) in [4.78, 5) is 15.8. The zero-order valence-electron chi connectivity index (χ0n) is 11.0. The average molecular weight is 315 g/mol. The maximum Gasteiger partial charge on any atom is 0.416 e. The Balaban J connectivity index is 2.13. The smallest absolute Gasteiger partial charge is 0.375 e. The maximum atomic E-state index is 12.7. The summed E-state index contributed by atoms with van der Waals surface area (Å²) in [5.74, 6) is -0.442. The van der Waals surface area contributed by atoms with Gasteiger partial charge in [-0.1, -0.05) is 6.07 Å². The zero-order chi connectivity index (χ0) is 15.6. The zero-order valence-corrected chi connectivity index (χ0v) is 11.8. The molecule has 0 bridgehead atoms. The van der Waals surface area contributed by atoms with Gasteiger partial charge in [0.15, 0.2) is 5.13 Å². The number of hydrogen-bond donors (Lipinski definition) is 2. The van der Waals surface area contributed by atoms with Crippen LogP contribution in [0.15, 0.2) is 23.6 Å². The minimum atomic E-state index is -4.45. The van der Waals surface area contributed by atoms with E-state index in [-0.39, 0.29) is 12.1 Å². The molecular weight excluding hydrogens is 303 g/mol. The Morgan fingerprint density at radius 1 is 1.43 bits per heavy atom. The quantitative estimate of drug-likeness (QED) is 0.913. The molecule has 2 rings (SSSR count). The van der Waals surface area contributed by atoms with Gasteiger partial charge < -0.3 is 11.1 Å². The molecule has 1 aromatic carbocycles. The average Bonchev–Trinajstić information content (AvgIpc) is 2.76. The lowest BCUT2D eigenvalue weighted by atomic mass is 10.1. The number of carbonyl (C=O) groups is 1. The van der Waals surface area contributed by atoms with Crippen molar-refractivity contribution in [3.63, 3.8) is 0 Å². The second kappa shape index (κ2) is 5.72. The molecule has 2 aromatic rings. The van der Waals surface area contributed by atoms with E-state index in [2.05, 4.69) is 10.3 Å². The van der Waals surface area contributed by atoms with Crippen LogP contribution in [0.1, 0.15) is 16.8 Å². The number of nitrogens with one attached hydrogen (secondary N) is 1. The first-order chi connectivity index (χ1) is 9.75. The van der Waals surface area contributed by atoms with Crippen LogP contribution in [-0.2, 0) is 17.4 Å². The second-order valence-electron chi connectivity index (χ2n) is 4.43. The van der Waals surface area contributed by atoms with Crippen LogP contribution >= 0.6 is 11.3 Å². The number of benzene rings is 1. The molecule has 112 valence electrons. The number of nitrogens with zero attached hydrogens (tertiary/aromatic N) is 1. The number of nitrogen functional groups attached to an aromatic ring is 1. The molecule has 4 nitrogen and oxygen atoms in total. The monoisotopic (exact) mass is 315 g/mol. The maximum absolute atomic E-state index is 12.7. The Kier molecular flexibility index (Phi) is 4.17. The van der Waals surface area contributed by atoms with Gasteiger partial charge >= 0.3 is 6.18 Å². The van der Waals surface area contributed by atoms with Gasteiger partial charge in [0.1, 0.15) is 0 Å². The molecular formula is C13H12F3N3OS. The Bertz CT molecular complexity index is 667. The van der Waals surface area contributed by atoms with Gasteiger partial charge in [0.25, 0.3) is 0 Å². The van der Waals surface area contributed by atoms with Crippen molar-refractivity contribution in [3.8, 4) is 0 Å². The molecule has 0 radical (unpaired) electrons. The van der Waals surface area contributed by atoms with E-state index in [9.17, 15) is 18.0 Å². The normalized spacial score (nSPS) is 11.4. The van der Waals surface area contributed by atoms with Crippen LogP contribution in [-0.4, -0.2) is 10.9 Å². The van der Waals surface area contributed by atoms with E-state index in [4.69, 9.17) is 5.73 Å². The number of aromatic nitrogens is 1. The van der Waals surface area contributed by atoms with Crippen molar-refractivity contribution < 1.29 is 18.0 Å². The summed E-state index contributed by atoms with van der Waals surface area (Å²) >= 11 is 1.20. The van der Waals surface area contributed by atoms with Crippen molar-refractivity contribution in [1.82, 2.24) is 4.98 Å². The molecule has 8 heteroatoms. The third-order valence-corrected chi connectivity index (χ3v) is 3.47. The summed E-state index contributed by atoms with van der Waals surface area (Å²) < 4.78 is 38.0. The number of rotatable bonds is 3. The summed E-state index contributed by atoms with van der Waals surface area (Å²) in [5, 5.41) is 4.44. The topological polar surface area (TPSA) is 68.0 Å². The fourth-order valence-electron chi connectivity index (χ4n) is 1.70. The van der Waals surface area contributed by atoms with Gasteiger partial charge in [0.2, 0.25) is 5.91 Å². The Labute approximate surface area is 122 Å². The molecule has 0 aliphatic rings. The van der Waals surface area contributed by atoms with Gasteiger partial charge in [-0.05, 0) is 24.6 Å². The van der Waals surface area contributed by atoms with E-state index in [1.807, 2.05) is 0 Å². The van der Waals surface area contributed by atoms with Crippen LogP contribution in [0.2, 0.25) is 0 Å². The van der Waals surface area contributed by atoms with Crippen molar-refractivity contribution in [3.05, 3.63) is 40.4 Å². The third kappa shape index (κ3) is 3.94. The first kappa shape index (κ1) is 15.3. The highest BCUT2D eigenvalue weighted by Crippen LogP contribution is 2.32. The minimum absolute atomic E-state index is 0.0383. The standard InChI is InChI=1S/C13H12F3N3OS/c1-7-2-3-8(13(14,15)16)4-10(7)19-11(20)5-9-6-21-12(17)18-9/h2-4,6H,5H2,1H3,(H2,17,18)(H,19,20). The molecule has 0 aliphatic heterocycles. The number of halogens is 3. The summed E-state index contributed by atoms with van der Waals surface area (Å²) in [6.45, 7) is 1.62. The van der Waals surface area contributed by atoms with Gasteiger partial charge in [-0.15, -0.1) is 11.3 Å². The minimum Gasteiger partial charge on any atom is -0.375 e. The van der Waals surface area contributed by atoms with Crippen LogP contribution in [0.3, 0.4) is 0 Å². The fraction of sp³-hybridized carbons (Fsp3) is 0.231. The van der Waals surface area contributed by atoms with Crippen molar-refractivity contribution in [1.29, 1.82) is 0 Å². The number of nitrogens with two attached hydrogens (primary N) is 1. The van der Waals surface area contributed by atoms with E-state index in [0.717, 1.165) is 12.1 Å². The second-order valence-corrected chi connectivity index (χ2v) is 5.32. The summed E-state index contributed by atoms with van der Waals surface area (Å²) in [7, 11) is 0. The fourth-order valence-corrected chi connectivity index (χ4v) is 2.26. The lowest BCUT2D eigenvalue weighted by molar-refractivity contribution is -0.137. The van der Waals surface area contributed by atoms with Gasteiger partial charge in [-0.25, -0.2) is 4.98 Å². The molecule has 1 aromatic heterocycles. The van der Waals surface area contributed by atoms with E-state index in [1.54, 1.807) is 12.3 Å². The van der Waals surface area contributed by atoms with Crippen LogP contribution in [0.4, 0.5) is 24.0 Å². The van der Waals surface area contributed by atoms with Gasteiger partial charge in [0.05, 0.1) is 17.7 Å². The molecule has 0 spiro atoms. The van der Waals surface area contributed by atoms with Crippen LogP contribution in [0.25, 0.3) is 0 Å². The first-order valence-electron chi connectivity index (χ1n) is 5.93. The molecule has 0 fully saturated rings. The SMILES string of the molecule is Cc1ccc(C(F)(F)F)cc1NC(=O)Cc1csc(N)n1. The third-order valence-electron chi connectivity index (χ3n) is 2.75. The molecule has 1 amide bonds. The molecule has 0 atom stereocenters. The Morgan fingerprint density at radius 2 is 2.14 bits per heavy atom. The largest absolute Gasteiger partial charge is 0.416 e. The summed E-state index contributed by atoms with van der Waals surface area (Å²) in [6.07, 6.45) is -4.49. The van der Waals surface area contributed by atoms with E-state index in [1.165, 1.54) is 17.4 Å². The molecule has 0 saturated heterocycles. The highest BCUT2D eigenvalue weighted by Gasteiger charge is 2.30. The predicted octanol–water partition coefficient (Wildman–Crippen LogP) is 3.23. The molecule has 3 N–H and O–H groups in total. The molecule has 0 aliphatic carbocycles. The van der Waals surface area contributed by atoms with E-state index >= 15 is 0 Å². The number of thiazole rings is 1. The van der Waals surface area contributed by atoms with Crippen LogP contribution in [0.5, 0.6) is 0 Å². The Hall–Kier alpha value is -2.09. The molecule has 0 unspecified atom stereocenters. The van der Waals surface area contributed by atoms with Gasteiger partial charge in [-0.2, -0.15) is 13.2 Å². The van der Waals surface area contributed by atoms with Crippen molar-refractivity contribution in [2.24, 2.45) is 0 Å². The summed E-state index contributed by atoms with van der Waals surface area (Å²) in [6, 6.07) is 3.22. The highest BCUT2D eigenvalue weighted by molar-refractivity contribution is 7.13. The van der Waals surface area contributed by atoms with Crippen molar-refractivity contribution in [2.75, 3.05) is 11.1 Å². The van der Waals surface area contributed by atoms with Gasteiger partial charge in [0, 0.05) is 11.1 Å². The van der Waals surface area contributed by atoms with Gasteiger partial charge in [-0.3, -0.25) is 4.79 Å². The van der Waals surface area contributed by atoms with E-state index in [0.29, 0.717) is 16.4 Å². The number of anilines is 2. The number of carbonyl (C=O) groups excluding carboxylic acids is 1. The predicted molar refractivity (Wildman–Crippen MR) is 75.0 cm³/mol. The lowest BCUT2D eigenvalue weighted by Crippen LogP contribution is -2.16. The van der Waals surface area contributed by atoms with Crippen LogP contribution in [0, 0.1) is 6.92 Å². The highest BCUT2D eigenvalue weighted by atomic mass is 32.1. The lowest BCUT2D eigenvalue weighted by Gasteiger charge is -2.12. The summed E-state index contributed by atoms with van der Waals surface area (Å²) in [5.41, 5.74) is 5.82. The van der Waals surface area contributed by atoms with Crippen LogP contribution < -0.4 is 11.1 Å². The first-order valence-corrected chi connectivity index (χ1v) is 6.81.